The summed E-state index contributed by atoms with van der Waals surface area (Å²) >= 11 is 0. The third-order valence-corrected chi connectivity index (χ3v) is 3.29. The molecule has 0 unspecified atom stereocenters. The van der Waals surface area contributed by atoms with Gasteiger partial charge in [-0.3, -0.25) is 0 Å². The molecule has 4 heteroatoms. The average Bonchev–Trinajstić information content (AvgIpc) is 2.97. The second-order valence-corrected chi connectivity index (χ2v) is 4.45. The zero-order valence-electron chi connectivity index (χ0n) is 10.2. The fourth-order valence-corrected chi connectivity index (χ4v) is 2.31. The summed E-state index contributed by atoms with van der Waals surface area (Å²) in [6.45, 7) is 0.823. The number of fused-ring (bicyclic) bond motifs is 1. The highest BCUT2D eigenvalue weighted by molar-refractivity contribution is 5.83. The average molecular weight is 241 g/mol. The molecule has 0 aliphatic rings. The molecule has 0 spiro atoms. The number of aliphatic hydroxyl groups is 1. The van der Waals surface area contributed by atoms with Gasteiger partial charge in [0.2, 0.25) is 0 Å². The Bertz CT molecular complexity index is 681. The van der Waals surface area contributed by atoms with Crippen LogP contribution in [-0.4, -0.2) is 19.2 Å². The lowest BCUT2D eigenvalue weighted by molar-refractivity contribution is 0.283. The highest BCUT2D eigenvalue weighted by Gasteiger charge is 2.07. The molecule has 3 aromatic rings. The van der Waals surface area contributed by atoms with Crippen molar-refractivity contribution in [1.82, 2.24) is 14.1 Å². The molecule has 0 radical (unpaired) electrons. The van der Waals surface area contributed by atoms with Gasteiger partial charge in [-0.25, -0.2) is 4.98 Å². The van der Waals surface area contributed by atoms with Crippen molar-refractivity contribution in [2.75, 3.05) is 0 Å². The van der Waals surface area contributed by atoms with Gasteiger partial charge in [0.1, 0.15) is 0 Å². The number of benzene rings is 1. The van der Waals surface area contributed by atoms with Crippen molar-refractivity contribution >= 4 is 10.9 Å². The molecular weight excluding hydrogens is 226 g/mol. The Hall–Kier alpha value is -2.07. The summed E-state index contributed by atoms with van der Waals surface area (Å²) in [6, 6.07) is 8.07. The van der Waals surface area contributed by atoms with Crippen molar-refractivity contribution in [2.45, 2.75) is 13.2 Å². The molecule has 0 fully saturated rings. The van der Waals surface area contributed by atoms with Gasteiger partial charge >= 0.3 is 0 Å². The predicted molar refractivity (Wildman–Crippen MR) is 70.2 cm³/mol. The molecule has 0 aliphatic carbocycles. The fraction of sp³-hybridized carbons (Fsp3) is 0.214. The van der Waals surface area contributed by atoms with Crippen molar-refractivity contribution in [3.8, 4) is 0 Å². The predicted octanol–water partition coefficient (Wildman–Crippen LogP) is 1.92. The van der Waals surface area contributed by atoms with Crippen LogP contribution in [0.2, 0.25) is 0 Å². The van der Waals surface area contributed by atoms with Crippen LogP contribution in [0.15, 0.2) is 43.0 Å². The van der Waals surface area contributed by atoms with Gasteiger partial charge in [0, 0.05) is 25.0 Å². The van der Waals surface area contributed by atoms with Crippen LogP contribution in [0.4, 0.5) is 0 Å². The Kier molecular flexibility index (Phi) is 2.64. The van der Waals surface area contributed by atoms with E-state index in [0.29, 0.717) is 0 Å². The standard InChI is InChI=1S/C14H15N3O/c1-16-10-15-7-13(16)8-17-6-5-11-3-2-4-12(9-18)14(11)17/h2-7,10,18H,8-9H2,1H3. The van der Waals surface area contributed by atoms with Crippen molar-refractivity contribution < 1.29 is 5.11 Å². The van der Waals surface area contributed by atoms with E-state index >= 15 is 0 Å². The van der Waals surface area contributed by atoms with E-state index in [2.05, 4.69) is 27.9 Å². The summed E-state index contributed by atoms with van der Waals surface area (Å²) in [5.74, 6) is 0. The lowest BCUT2D eigenvalue weighted by Gasteiger charge is -2.09. The maximum absolute atomic E-state index is 9.43. The Labute approximate surface area is 105 Å². The monoisotopic (exact) mass is 241 g/mol. The van der Waals surface area contributed by atoms with Crippen molar-refractivity contribution in [1.29, 1.82) is 0 Å². The van der Waals surface area contributed by atoms with Gasteiger partial charge in [0.05, 0.1) is 30.7 Å². The Morgan fingerprint density at radius 1 is 1.28 bits per heavy atom. The molecule has 0 aliphatic heterocycles. The molecule has 4 nitrogen and oxygen atoms in total. The Balaban J connectivity index is 2.10. The SMILES string of the molecule is Cn1cncc1Cn1ccc2cccc(CO)c21. The first-order valence-corrected chi connectivity index (χ1v) is 5.92. The zero-order valence-corrected chi connectivity index (χ0v) is 10.2. The van der Waals surface area contributed by atoms with Crippen LogP contribution in [0.25, 0.3) is 10.9 Å². The molecule has 1 aromatic carbocycles. The number of aryl methyl sites for hydroxylation is 1. The first-order chi connectivity index (χ1) is 8.79. The van der Waals surface area contributed by atoms with Crippen LogP contribution in [0.3, 0.4) is 0 Å². The number of imidazole rings is 1. The Morgan fingerprint density at radius 3 is 2.89 bits per heavy atom. The maximum atomic E-state index is 9.43. The van der Waals surface area contributed by atoms with E-state index in [0.717, 1.165) is 28.7 Å². The van der Waals surface area contributed by atoms with E-state index in [1.807, 2.05) is 29.9 Å². The zero-order chi connectivity index (χ0) is 12.5. The largest absolute Gasteiger partial charge is 0.392 e. The molecule has 2 aromatic heterocycles. The molecular formula is C14H15N3O. The van der Waals surface area contributed by atoms with E-state index in [-0.39, 0.29) is 6.61 Å². The third kappa shape index (κ3) is 1.71. The molecule has 0 amide bonds. The Morgan fingerprint density at radius 2 is 2.17 bits per heavy atom. The number of aliphatic hydroxyl groups excluding tert-OH is 1. The fourth-order valence-electron chi connectivity index (χ4n) is 2.31. The number of aromatic nitrogens is 3. The number of nitrogens with zero attached hydrogens (tertiary/aromatic N) is 3. The molecule has 0 bridgehead atoms. The van der Waals surface area contributed by atoms with Gasteiger partial charge in [-0.1, -0.05) is 18.2 Å². The normalized spacial score (nSPS) is 11.2. The van der Waals surface area contributed by atoms with Crippen LogP contribution < -0.4 is 0 Å². The molecule has 1 N–H and O–H groups in total. The number of rotatable bonds is 3. The van der Waals surface area contributed by atoms with Gasteiger partial charge in [-0.2, -0.15) is 0 Å². The van der Waals surface area contributed by atoms with Gasteiger partial charge in [0.15, 0.2) is 0 Å². The van der Waals surface area contributed by atoms with Crippen LogP contribution in [0, 0.1) is 0 Å². The lowest BCUT2D eigenvalue weighted by atomic mass is 10.1. The van der Waals surface area contributed by atoms with Crippen molar-refractivity contribution in [3.05, 3.63) is 54.2 Å². The van der Waals surface area contributed by atoms with Crippen LogP contribution in [-0.2, 0) is 20.2 Å². The summed E-state index contributed by atoms with van der Waals surface area (Å²) in [6.07, 6.45) is 5.72. The summed E-state index contributed by atoms with van der Waals surface area (Å²) in [5, 5.41) is 10.6. The topological polar surface area (TPSA) is 43.0 Å². The number of hydrogen-bond acceptors (Lipinski definition) is 2. The number of hydrogen-bond donors (Lipinski definition) is 1. The van der Waals surface area contributed by atoms with E-state index in [1.54, 1.807) is 6.33 Å². The molecule has 2 heterocycles. The van der Waals surface area contributed by atoms with Crippen molar-refractivity contribution in [3.63, 3.8) is 0 Å². The molecule has 18 heavy (non-hydrogen) atoms. The quantitative estimate of drug-likeness (QED) is 0.761. The highest BCUT2D eigenvalue weighted by atomic mass is 16.3. The first kappa shape index (κ1) is 11.0. The summed E-state index contributed by atoms with van der Waals surface area (Å²) < 4.78 is 4.16. The lowest BCUT2D eigenvalue weighted by Crippen LogP contribution is -2.04. The maximum Gasteiger partial charge on any atom is 0.0946 e. The van der Waals surface area contributed by atoms with E-state index in [1.165, 1.54) is 0 Å². The van der Waals surface area contributed by atoms with Gasteiger partial charge in [-0.05, 0) is 11.5 Å². The molecule has 0 saturated carbocycles. The van der Waals surface area contributed by atoms with Gasteiger partial charge in [-0.15, -0.1) is 0 Å². The van der Waals surface area contributed by atoms with Gasteiger partial charge < -0.3 is 14.2 Å². The molecule has 3 rings (SSSR count). The van der Waals surface area contributed by atoms with Gasteiger partial charge in [0.25, 0.3) is 0 Å². The minimum atomic E-state index is 0.0622. The van der Waals surface area contributed by atoms with Crippen LogP contribution in [0.1, 0.15) is 11.3 Å². The van der Waals surface area contributed by atoms with E-state index in [4.69, 9.17) is 0 Å². The molecule has 0 atom stereocenters. The number of para-hydroxylation sites is 1. The third-order valence-electron chi connectivity index (χ3n) is 3.29. The molecule has 92 valence electrons. The van der Waals surface area contributed by atoms with E-state index < -0.39 is 0 Å². The van der Waals surface area contributed by atoms with E-state index in [9.17, 15) is 5.11 Å². The van der Waals surface area contributed by atoms with Crippen LogP contribution in [0.5, 0.6) is 0 Å². The summed E-state index contributed by atoms with van der Waals surface area (Å²) in [4.78, 5) is 4.13. The summed E-state index contributed by atoms with van der Waals surface area (Å²) in [7, 11) is 1.99. The second-order valence-electron chi connectivity index (χ2n) is 4.45. The van der Waals surface area contributed by atoms with Crippen molar-refractivity contribution in [2.24, 2.45) is 7.05 Å². The molecule has 0 saturated heterocycles. The first-order valence-electron chi connectivity index (χ1n) is 5.92. The minimum absolute atomic E-state index is 0.0622. The second kappa shape index (κ2) is 4.31. The van der Waals surface area contributed by atoms with Crippen LogP contribution >= 0.6 is 0 Å². The minimum Gasteiger partial charge on any atom is -0.392 e. The smallest absolute Gasteiger partial charge is 0.0946 e. The highest BCUT2D eigenvalue weighted by Crippen LogP contribution is 2.21. The summed E-state index contributed by atoms with van der Waals surface area (Å²) in [5.41, 5.74) is 3.20.